The molecule has 1 heterocycles. The second-order valence-corrected chi connectivity index (χ2v) is 2.69. The second kappa shape index (κ2) is 3.85. The van der Waals surface area contributed by atoms with Crippen LogP contribution in [0.3, 0.4) is 0 Å². The first-order valence-electron chi connectivity index (χ1n) is 3.98. The van der Waals surface area contributed by atoms with Crippen LogP contribution in [0, 0.1) is 0 Å². The predicted octanol–water partition coefficient (Wildman–Crippen LogP) is 1.71. The Hall–Kier alpha value is -1.64. The standard InChI is InChI=1S/C10H12N2O/c1-4-9-10(6-5-7-11-9)12(3)8(2)13/h4-7H,1H2,2-3H3. The quantitative estimate of drug-likeness (QED) is 0.687. The SMILES string of the molecule is C=Cc1ncccc1N(C)C(C)=O. The molecule has 68 valence electrons. The lowest BCUT2D eigenvalue weighted by Gasteiger charge is -2.16. The first-order chi connectivity index (χ1) is 6.16. The molecule has 0 saturated carbocycles. The van der Waals surface area contributed by atoms with Crippen LogP contribution in [0.4, 0.5) is 5.69 Å². The summed E-state index contributed by atoms with van der Waals surface area (Å²) in [6.45, 7) is 5.15. The number of hydrogen-bond acceptors (Lipinski definition) is 2. The van der Waals surface area contributed by atoms with Gasteiger partial charge in [0, 0.05) is 20.2 Å². The molecule has 1 rings (SSSR count). The molecule has 3 nitrogen and oxygen atoms in total. The van der Waals surface area contributed by atoms with Crippen molar-refractivity contribution < 1.29 is 4.79 Å². The van der Waals surface area contributed by atoms with E-state index in [0.29, 0.717) is 0 Å². The van der Waals surface area contributed by atoms with Crippen LogP contribution in [0.5, 0.6) is 0 Å². The highest BCUT2D eigenvalue weighted by molar-refractivity contribution is 5.92. The Morgan fingerprint density at radius 2 is 2.38 bits per heavy atom. The monoisotopic (exact) mass is 176 g/mol. The smallest absolute Gasteiger partial charge is 0.223 e. The highest BCUT2D eigenvalue weighted by Gasteiger charge is 2.08. The fraction of sp³-hybridized carbons (Fsp3) is 0.200. The maximum absolute atomic E-state index is 11.1. The predicted molar refractivity (Wildman–Crippen MR) is 53.4 cm³/mol. The van der Waals surface area contributed by atoms with Gasteiger partial charge in [0.15, 0.2) is 0 Å². The molecule has 0 radical (unpaired) electrons. The summed E-state index contributed by atoms with van der Waals surface area (Å²) in [7, 11) is 1.71. The largest absolute Gasteiger partial charge is 0.314 e. The van der Waals surface area contributed by atoms with Gasteiger partial charge in [-0.2, -0.15) is 0 Å². The molecule has 13 heavy (non-hydrogen) atoms. The van der Waals surface area contributed by atoms with Gasteiger partial charge >= 0.3 is 0 Å². The molecule has 1 aromatic heterocycles. The average Bonchev–Trinajstić information content (AvgIpc) is 2.16. The highest BCUT2D eigenvalue weighted by atomic mass is 16.2. The van der Waals surface area contributed by atoms with Crippen LogP contribution in [0.15, 0.2) is 24.9 Å². The van der Waals surface area contributed by atoms with Gasteiger partial charge in [0.1, 0.15) is 0 Å². The zero-order valence-electron chi connectivity index (χ0n) is 7.82. The van der Waals surface area contributed by atoms with Crippen molar-refractivity contribution in [1.29, 1.82) is 0 Å². The third kappa shape index (κ3) is 1.93. The number of carbonyl (C=O) groups excluding carboxylic acids is 1. The molecule has 0 spiro atoms. The molecule has 0 saturated heterocycles. The van der Waals surface area contributed by atoms with Gasteiger partial charge in [0.25, 0.3) is 0 Å². The number of hydrogen-bond donors (Lipinski definition) is 0. The van der Waals surface area contributed by atoms with E-state index in [4.69, 9.17) is 0 Å². The van der Waals surface area contributed by atoms with Crippen molar-refractivity contribution in [3.63, 3.8) is 0 Å². The van der Waals surface area contributed by atoms with E-state index in [-0.39, 0.29) is 5.91 Å². The topological polar surface area (TPSA) is 33.2 Å². The van der Waals surface area contributed by atoms with Crippen LogP contribution in [0.2, 0.25) is 0 Å². The summed E-state index contributed by atoms with van der Waals surface area (Å²) in [6, 6.07) is 3.63. The van der Waals surface area contributed by atoms with E-state index in [2.05, 4.69) is 11.6 Å². The third-order valence-corrected chi connectivity index (χ3v) is 1.84. The maximum atomic E-state index is 11.1. The minimum atomic E-state index is -0.0175. The van der Waals surface area contributed by atoms with E-state index < -0.39 is 0 Å². The molecule has 0 fully saturated rings. The van der Waals surface area contributed by atoms with E-state index in [1.807, 2.05) is 6.07 Å². The van der Waals surface area contributed by atoms with Crippen LogP contribution < -0.4 is 4.90 Å². The van der Waals surface area contributed by atoms with Crippen LogP contribution in [0.25, 0.3) is 6.08 Å². The van der Waals surface area contributed by atoms with E-state index in [1.54, 1.807) is 30.3 Å². The summed E-state index contributed by atoms with van der Waals surface area (Å²) in [5.41, 5.74) is 1.50. The van der Waals surface area contributed by atoms with E-state index in [0.717, 1.165) is 11.4 Å². The molecule has 0 N–H and O–H groups in total. The molecule has 0 aliphatic rings. The van der Waals surface area contributed by atoms with Gasteiger partial charge in [-0.3, -0.25) is 9.78 Å². The summed E-state index contributed by atoms with van der Waals surface area (Å²) in [6.07, 6.45) is 3.31. The van der Waals surface area contributed by atoms with Crippen molar-refractivity contribution in [1.82, 2.24) is 4.98 Å². The van der Waals surface area contributed by atoms with Crippen LogP contribution in [-0.4, -0.2) is 17.9 Å². The molecule has 0 aliphatic heterocycles. The summed E-state index contributed by atoms with van der Waals surface area (Å²) in [4.78, 5) is 16.7. The normalized spacial score (nSPS) is 9.38. The number of aromatic nitrogens is 1. The van der Waals surface area contributed by atoms with Gasteiger partial charge in [0.05, 0.1) is 11.4 Å². The lowest BCUT2D eigenvalue weighted by atomic mass is 10.2. The minimum Gasteiger partial charge on any atom is -0.314 e. The molecule has 1 aromatic rings. The highest BCUT2D eigenvalue weighted by Crippen LogP contribution is 2.17. The van der Waals surface area contributed by atoms with Crippen molar-refractivity contribution in [2.24, 2.45) is 0 Å². The molecule has 0 atom stereocenters. The zero-order valence-corrected chi connectivity index (χ0v) is 7.82. The summed E-state index contributed by atoms with van der Waals surface area (Å²) >= 11 is 0. The molecule has 0 aromatic carbocycles. The van der Waals surface area contributed by atoms with E-state index in [1.165, 1.54) is 6.92 Å². The van der Waals surface area contributed by atoms with Gasteiger partial charge in [-0.1, -0.05) is 6.58 Å². The van der Waals surface area contributed by atoms with Crippen molar-refractivity contribution >= 4 is 17.7 Å². The Morgan fingerprint density at radius 1 is 1.69 bits per heavy atom. The first kappa shape index (κ1) is 9.45. The van der Waals surface area contributed by atoms with Crippen molar-refractivity contribution in [3.8, 4) is 0 Å². The summed E-state index contributed by atoms with van der Waals surface area (Å²) in [5, 5.41) is 0. The van der Waals surface area contributed by atoms with E-state index in [9.17, 15) is 4.79 Å². The van der Waals surface area contributed by atoms with Crippen molar-refractivity contribution in [3.05, 3.63) is 30.6 Å². The van der Waals surface area contributed by atoms with Crippen LogP contribution in [-0.2, 0) is 4.79 Å². The van der Waals surface area contributed by atoms with Gasteiger partial charge in [-0.25, -0.2) is 0 Å². The fourth-order valence-electron chi connectivity index (χ4n) is 1.02. The summed E-state index contributed by atoms with van der Waals surface area (Å²) in [5.74, 6) is -0.0175. The number of rotatable bonds is 2. The summed E-state index contributed by atoms with van der Waals surface area (Å²) < 4.78 is 0. The second-order valence-electron chi connectivity index (χ2n) is 2.69. The Balaban J connectivity index is 3.12. The van der Waals surface area contributed by atoms with Crippen molar-refractivity contribution in [2.75, 3.05) is 11.9 Å². The van der Waals surface area contributed by atoms with Gasteiger partial charge in [0.2, 0.25) is 5.91 Å². The molecule has 0 aliphatic carbocycles. The molecular weight excluding hydrogens is 164 g/mol. The Morgan fingerprint density at radius 3 is 2.92 bits per heavy atom. The Bertz CT molecular complexity index is 333. The van der Waals surface area contributed by atoms with Crippen LogP contribution >= 0.6 is 0 Å². The Kier molecular flexibility index (Phi) is 2.80. The van der Waals surface area contributed by atoms with Gasteiger partial charge in [-0.05, 0) is 18.2 Å². The lowest BCUT2D eigenvalue weighted by molar-refractivity contribution is -0.116. The van der Waals surface area contributed by atoms with Crippen LogP contribution in [0.1, 0.15) is 12.6 Å². The van der Waals surface area contributed by atoms with Crippen molar-refractivity contribution in [2.45, 2.75) is 6.92 Å². The fourth-order valence-corrected chi connectivity index (χ4v) is 1.02. The first-order valence-corrected chi connectivity index (χ1v) is 3.98. The van der Waals surface area contributed by atoms with Gasteiger partial charge < -0.3 is 4.90 Å². The molecular formula is C10H12N2O. The zero-order chi connectivity index (χ0) is 9.84. The van der Waals surface area contributed by atoms with Gasteiger partial charge in [-0.15, -0.1) is 0 Å². The molecule has 0 unspecified atom stereocenters. The average molecular weight is 176 g/mol. The number of nitrogens with zero attached hydrogens (tertiary/aromatic N) is 2. The number of pyridine rings is 1. The Labute approximate surface area is 77.7 Å². The minimum absolute atomic E-state index is 0.0175. The lowest BCUT2D eigenvalue weighted by Crippen LogP contribution is -2.23. The maximum Gasteiger partial charge on any atom is 0.223 e. The van der Waals surface area contributed by atoms with E-state index >= 15 is 0 Å². The molecule has 0 bridgehead atoms. The number of carbonyl (C=O) groups is 1. The number of anilines is 1. The third-order valence-electron chi connectivity index (χ3n) is 1.84. The molecule has 3 heteroatoms. The number of amides is 1. The molecule has 1 amide bonds.